The Morgan fingerprint density at radius 3 is 3.00 bits per heavy atom. The van der Waals surface area contributed by atoms with Crippen LogP contribution in [0.4, 0.5) is 0 Å². The molecule has 0 N–H and O–H groups in total. The molecule has 4 heteroatoms. The van der Waals surface area contributed by atoms with Gasteiger partial charge in [-0.1, -0.05) is 19.4 Å². The van der Waals surface area contributed by atoms with Crippen molar-refractivity contribution in [3.8, 4) is 0 Å². The zero-order chi connectivity index (χ0) is 15.4. The molecular weight excluding hydrogens is 274 g/mol. The van der Waals surface area contributed by atoms with Crippen LogP contribution in [0.25, 0.3) is 0 Å². The molecule has 0 radical (unpaired) electrons. The molecule has 22 heavy (non-hydrogen) atoms. The summed E-state index contributed by atoms with van der Waals surface area (Å²) in [5.74, 6) is 1.03. The fraction of sp³-hybridized carbons (Fsp3) is 0.667. The molecule has 120 valence electrons. The predicted octanol–water partition coefficient (Wildman–Crippen LogP) is 2.69. The van der Waals surface area contributed by atoms with Gasteiger partial charge in [-0.15, -0.1) is 0 Å². The third-order valence-electron chi connectivity index (χ3n) is 5.09. The van der Waals surface area contributed by atoms with Gasteiger partial charge in [-0.25, -0.2) is 0 Å². The smallest absolute Gasteiger partial charge is 0.222 e. The van der Waals surface area contributed by atoms with Gasteiger partial charge in [0.2, 0.25) is 5.91 Å². The van der Waals surface area contributed by atoms with Crippen LogP contribution >= 0.6 is 0 Å². The molecule has 2 aliphatic rings. The van der Waals surface area contributed by atoms with E-state index in [0.29, 0.717) is 17.9 Å². The molecule has 0 spiro atoms. The summed E-state index contributed by atoms with van der Waals surface area (Å²) in [5.41, 5.74) is 1.15. The van der Waals surface area contributed by atoms with E-state index in [1.54, 1.807) is 0 Å². The molecule has 2 aliphatic heterocycles. The van der Waals surface area contributed by atoms with Gasteiger partial charge in [0.05, 0.1) is 5.69 Å². The van der Waals surface area contributed by atoms with Crippen LogP contribution < -0.4 is 0 Å². The third-order valence-corrected chi connectivity index (χ3v) is 5.09. The standard InChI is InChI=1S/C18H27N3O/c1-2-3-11-21-17-9-12-20(13-15(17)7-8-18(21)22)14-16-6-4-5-10-19-16/h4-6,10,15,17H,2-3,7-9,11-14H2,1H3/t15-,17+/m1/s1. The van der Waals surface area contributed by atoms with E-state index >= 15 is 0 Å². The minimum Gasteiger partial charge on any atom is -0.339 e. The van der Waals surface area contributed by atoms with Crippen molar-refractivity contribution in [2.75, 3.05) is 19.6 Å². The summed E-state index contributed by atoms with van der Waals surface area (Å²) < 4.78 is 0. The van der Waals surface area contributed by atoms with Crippen molar-refractivity contribution in [2.45, 2.75) is 51.6 Å². The van der Waals surface area contributed by atoms with Crippen molar-refractivity contribution in [1.82, 2.24) is 14.8 Å². The predicted molar refractivity (Wildman–Crippen MR) is 87.3 cm³/mol. The van der Waals surface area contributed by atoms with Crippen molar-refractivity contribution in [2.24, 2.45) is 5.92 Å². The summed E-state index contributed by atoms with van der Waals surface area (Å²) in [6, 6.07) is 6.60. The van der Waals surface area contributed by atoms with E-state index in [1.807, 2.05) is 12.3 Å². The Bertz CT molecular complexity index is 490. The number of fused-ring (bicyclic) bond motifs is 1. The first-order chi connectivity index (χ1) is 10.8. The van der Waals surface area contributed by atoms with Crippen LogP contribution in [0.3, 0.4) is 0 Å². The number of pyridine rings is 1. The second-order valence-corrected chi connectivity index (χ2v) is 6.65. The number of likely N-dealkylation sites (tertiary alicyclic amines) is 2. The molecule has 0 aromatic carbocycles. The molecule has 2 saturated heterocycles. The molecule has 4 nitrogen and oxygen atoms in total. The average molecular weight is 301 g/mol. The van der Waals surface area contributed by atoms with Crippen LogP contribution in [0.15, 0.2) is 24.4 Å². The molecule has 0 saturated carbocycles. The van der Waals surface area contributed by atoms with Crippen LogP contribution in [-0.4, -0.2) is 46.4 Å². The van der Waals surface area contributed by atoms with E-state index in [1.165, 1.54) is 0 Å². The molecule has 2 fully saturated rings. The number of nitrogens with zero attached hydrogens (tertiary/aromatic N) is 3. The summed E-state index contributed by atoms with van der Waals surface area (Å²) in [6.07, 6.45) is 7.08. The van der Waals surface area contributed by atoms with Crippen molar-refractivity contribution < 1.29 is 4.79 Å². The topological polar surface area (TPSA) is 36.4 Å². The SMILES string of the molecule is CCCCN1C(=O)CC[C@@H]2CN(Cc3ccccn3)CC[C@@H]21. The second-order valence-electron chi connectivity index (χ2n) is 6.65. The molecule has 3 rings (SSSR count). The van der Waals surface area contributed by atoms with Gasteiger partial charge in [0.15, 0.2) is 0 Å². The van der Waals surface area contributed by atoms with E-state index in [9.17, 15) is 4.79 Å². The van der Waals surface area contributed by atoms with Crippen LogP contribution in [-0.2, 0) is 11.3 Å². The number of unbranched alkanes of at least 4 members (excludes halogenated alkanes) is 1. The summed E-state index contributed by atoms with van der Waals surface area (Å²) >= 11 is 0. The molecule has 2 atom stereocenters. The first kappa shape index (κ1) is 15.5. The Morgan fingerprint density at radius 1 is 1.32 bits per heavy atom. The lowest BCUT2D eigenvalue weighted by Gasteiger charge is -2.47. The maximum atomic E-state index is 12.2. The van der Waals surface area contributed by atoms with Crippen molar-refractivity contribution >= 4 is 5.91 Å². The van der Waals surface area contributed by atoms with E-state index in [4.69, 9.17) is 0 Å². The fourth-order valence-electron chi connectivity index (χ4n) is 3.91. The molecule has 0 aliphatic carbocycles. The van der Waals surface area contributed by atoms with Gasteiger partial charge in [-0.2, -0.15) is 0 Å². The highest BCUT2D eigenvalue weighted by atomic mass is 16.2. The lowest BCUT2D eigenvalue weighted by atomic mass is 9.83. The highest BCUT2D eigenvalue weighted by Gasteiger charge is 2.38. The summed E-state index contributed by atoms with van der Waals surface area (Å²) in [7, 11) is 0. The third kappa shape index (κ3) is 3.49. The monoisotopic (exact) mass is 301 g/mol. The molecule has 3 heterocycles. The van der Waals surface area contributed by atoms with E-state index in [-0.39, 0.29) is 0 Å². The highest BCUT2D eigenvalue weighted by molar-refractivity contribution is 5.77. The quantitative estimate of drug-likeness (QED) is 0.839. The largest absolute Gasteiger partial charge is 0.339 e. The van der Waals surface area contributed by atoms with Crippen LogP contribution in [0, 0.1) is 5.92 Å². The fourth-order valence-corrected chi connectivity index (χ4v) is 3.91. The van der Waals surface area contributed by atoms with Gasteiger partial charge in [-0.05, 0) is 37.3 Å². The summed E-state index contributed by atoms with van der Waals surface area (Å²) in [4.78, 5) is 21.4. The van der Waals surface area contributed by atoms with Crippen LogP contribution in [0.1, 0.15) is 44.7 Å². The second kappa shape index (κ2) is 7.23. The molecule has 0 unspecified atom stereocenters. The molecule has 1 amide bonds. The Balaban J connectivity index is 1.60. The van der Waals surface area contributed by atoms with E-state index in [2.05, 4.69) is 33.8 Å². The zero-order valence-corrected chi connectivity index (χ0v) is 13.6. The first-order valence-corrected chi connectivity index (χ1v) is 8.69. The molecule has 1 aromatic heterocycles. The maximum Gasteiger partial charge on any atom is 0.222 e. The van der Waals surface area contributed by atoms with Gasteiger partial charge in [0, 0.05) is 44.8 Å². The van der Waals surface area contributed by atoms with Crippen molar-refractivity contribution in [1.29, 1.82) is 0 Å². The van der Waals surface area contributed by atoms with Crippen LogP contribution in [0.5, 0.6) is 0 Å². The van der Waals surface area contributed by atoms with Crippen molar-refractivity contribution in [3.05, 3.63) is 30.1 Å². The van der Waals surface area contributed by atoms with Gasteiger partial charge in [0.25, 0.3) is 0 Å². The number of amides is 1. The van der Waals surface area contributed by atoms with E-state index in [0.717, 1.165) is 64.0 Å². The summed E-state index contributed by atoms with van der Waals surface area (Å²) in [5, 5.41) is 0. The van der Waals surface area contributed by atoms with E-state index < -0.39 is 0 Å². The molecule has 1 aromatic rings. The normalized spacial score (nSPS) is 26.0. The van der Waals surface area contributed by atoms with Crippen molar-refractivity contribution in [3.63, 3.8) is 0 Å². The number of hydrogen-bond acceptors (Lipinski definition) is 3. The number of carbonyl (C=O) groups is 1. The highest BCUT2D eigenvalue weighted by Crippen LogP contribution is 2.31. The lowest BCUT2D eigenvalue weighted by molar-refractivity contribution is -0.141. The zero-order valence-electron chi connectivity index (χ0n) is 13.6. The first-order valence-electron chi connectivity index (χ1n) is 8.69. The maximum absolute atomic E-state index is 12.2. The van der Waals surface area contributed by atoms with Crippen LogP contribution in [0.2, 0.25) is 0 Å². The number of rotatable bonds is 5. The Hall–Kier alpha value is -1.42. The minimum absolute atomic E-state index is 0.382. The number of hydrogen-bond donors (Lipinski definition) is 0. The van der Waals surface area contributed by atoms with Gasteiger partial charge >= 0.3 is 0 Å². The molecule has 0 bridgehead atoms. The summed E-state index contributed by atoms with van der Waals surface area (Å²) in [6.45, 7) is 6.27. The Morgan fingerprint density at radius 2 is 2.23 bits per heavy atom. The molecular formula is C18H27N3O. The van der Waals surface area contributed by atoms with Gasteiger partial charge in [-0.3, -0.25) is 14.7 Å². The number of piperidine rings is 2. The number of aromatic nitrogens is 1. The Labute approximate surface area is 133 Å². The lowest BCUT2D eigenvalue weighted by Crippen LogP contribution is -2.55. The number of carbonyl (C=O) groups excluding carboxylic acids is 1. The average Bonchev–Trinajstić information content (AvgIpc) is 2.55. The van der Waals surface area contributed by atoms with Gasteiger partial charge in [0.1, 0.15) is 0 Å². The minimum atomic E-state index is 0.382. The Kier molecular flexibility index (Phi) is 5.08. The van der Waals surface area contributed by atoms with Gasteiger partial charge < -0.3 is 4.90 Å².